The smallest absolute Gasteiger partial charge is 0.217 e. The molecule has 0 amide bonds. The highest BCUT2D eigenvalue weighted by atomic mass is 19.1. The maximum atomic E-state index is 14.7. The first kappa shape index (κ1) is 22.8. The number of hydrogen-bond donors (Lipinski definition) is 0. The number of pyridine rings is 1. The topological polar surface area (TPSA) is 72.9 Å². The van der Waals surface area contributed by atoms with E-state index in [4.69, 9.17) is 15.3 Å². The fraction of sp³-hybridized carbons (Fsp3) is 0.208. The summed E-state index contributed by atoms with van der Waals surface area (Å²) in [5.41, 5.74) is 3.44. The number of benzene rings is 2. The van der Waals surface area contributed by atoms with Crippen LogP contribution in [0.1, 0.15) is 46.6 Å². The quantitative estimate of drug-likeness (QED) is 0.494. The molecule has 0 N–H and O–H groups in total. The summed E-state index contributed by atoms with van der Waals surface area (Å²) in [5, 5.41) is 18.0. The second-order valence-electron chi connectivity index (χ2n) is 7.34. The Morgan fingerprint density at radius 1 is 1.12 bits per heavy atom. The fourth-order valence-electron chi connectivity index (χ4n) is 3.43. The molecule has 32 heavy (non-hydrogen) atoms. The maximum Gasteiger partial charge on any atom is 0.217 e. The molecule has 1 unspecified atom stereocenters. The first-order chi connectivity index (χ1) is 15.5. The Labute approximate surface area is 186 Å². The molecule has 1 atom stereocenters. The van der Waals surface area contributed by atoms with Gasteiger partial charge in [0, 0.05) is 24.0 Å². The van der Waals surface area contributed by atoms with E-state index in [1.165, 1.54) is 13.1 Å². The number of nitrogens with zero attached hydrogens (tertiary/aromatic N) is 4. The first-order valence-corrected chi connectivity index (χ1v) is 10.0. The van der Waals surface area contributed by atoms with Gasteiger partial charge in [-0.2, -0.15) is 10.5 Å². The number of hydrogen-bond acceptors (Lipinski definition) is 5. The Morgan fingerprint density at radius 2 is 1.84 bits per heavy atom. The van der Waals surface area contributed by atoms with E-state index in [9.17, 15) is 8.78 Å². The summed E-state index contributed by atoms with van der Waals surface area (Å²) in [7, 11) is 1.84. The molecule has 5 nitrogen and oxygen atoms in total. The van der Waals surface area contributed by atoms with Gasteiger partial charge in [-0.15, -0.1) is 0 Å². The second-order valence-corrected chi connectivity index (χ2v) is 7.34. The Kier molecular flexibility index (Phi) is 7.41. The molecule has 0 aliphatic carbocycles. The standard InChI is InChI=1S/C24H21BF2N4O/c1-16(27)23-20(14-31(25)21-7-5-17(11-28)6-8-21)13-30-22(10-26)24(23)32-15-19-4-2-3-18(9-19)12-29/h2-9,13,16H,10,14-15,25H2,1H3. The monoisotopic (exact) mass is 430 g/mol. The van der Waals surface area contributed by atoms with Crippen molar-refractivity contribution in [2.24, 2.45) is 0 Å². The molecule has 0 bridgehead atoms. The van der Waals surface area contributed by atoms with Crippen LogP contribution in [0.25, 0.3) is 0 Å². The fourth-order valence-corrected chi connectivity index (χ4v) is 3.43. The average molecular weight is 430 g/mol. The minimum absolute atomic E-state index is 0.0331. The first-order valence-electron chi connectivity index (χ1n) is 10.0. The lowest BCUT2D eigenvalue weighted by Gasteiger charge is -2.24. The van der Waals surface area contributed by atoms with Gasteiger partial charge in [0.1, 0.15) is 30.9 Å². The third-order valence-corrected chi connectivity index (χ3v) is 5.04. The van der Waals surface area contributed by atoms with E-state index >= 15 is 0 Å². The summed E-state index contributed by atoms with van der Waals surface area (Å²) in [5.74, 6) is 0.0931. The van der Waals surface area contributed by atoms with E-state index in [2.05, 4.69) is 17.1 Å². The van der Waals surface area contributed by atoms with E-state index in [0.717, 1.165) is 5.69 Å². The molecule has 2 aromatic carbocycles. The summed E-state index contributed by atoms with van der Waals surface area (Å²) >= 11 is 0. The Morgan fingerprint density at radius 3 is 2.47 bits per heavy atom. The van der Waals surface area contributed by atoms with E-state index < -0.39 is 12.8 Å². The lowest BCUT2D eigenvalue weighted by Crippen LogP contribution is -2.20. The summed E-state index contributed by atoms with van der Waals surface area (Å²) in [4.78, 5) is 6.06. The molecule has 0 saturated carbocycles. The summed E-state index contributed by atoms with van der Waals surface area (Å²) in [6.07, 6.45) is 0.0667. The molecule has 160 valence electrons. The number of rotatable bonds is 8. The summed E-state index contributed by atoms with van der Waals surface area (Å²) in [6, 6.07) is 18.0. The van der Waals surface area contributed by atoms with Gasteiger partial charge in [0.25, 0.3) is 0 Å². The number of alkyl halides is 2. The minimum Gasteiger partial charge on any atom is -0.486 e. The van der Waals surface area contributed by atoms with Gasteiger partial charge in [0.2, 0.25) is 7.98 Å². The van der Waals surface area contributed by atoms with Gasteiger partial charge in [-0.1, -0.05) is 12.1 Å². The third kappa shape index (κ3) is 5.22. The van der Waals surface area contributed by atoms with Crippen LogP contribution in [0.2, 0.25) is 0 Å². The van der Waals surface area contributed by atoms with Crippen molar-refractivity contribution in [3.63, 3.8) is 0 Å². The van der Waals surface area contributed by atoms with E-state index in [-0.39, 0.29) is 23.6 Å². The highest BCUT2D eigenvalue weighted by molar-refractivity contribution is 6.17. The Hall–Kier alpha value is -3.91. The summed E-state index contributed by atoms with van der Waals surface area (Å²) < 4.78 is 34.3. The van der Waals surface area contributed by atoms with Crippen molar-refractivity contribution in [3.05, 3.63) is 88.2 Å². The third-order valence-electron chi connectivity index (χ3n) is 5.04. The van der Waals surface area contributed by atoms with Crippen molar-refractivity contribution in [3.8, 4) is 17.9 Å². The van der Waals surface area contributed by atoms with Crippen molar-refractivity contribution in [1.29, 1.82) is 10.5 Å². The Bertz CT molecular complexity index is 1170. The largest absolute Gasteiger partial charge is 0.486 e. The van der Waals surface area contributed by atoms with Crippen LogP contribution < -0.4 is 9.55 Å². The zero-order valence-corrected chi connectivity index (χ0v) is 17.8. The Balaban J connectivity index is 1.91. The number of anilines is 1. The highest BCUT2D eigenvalue weighted by Crippen LogP contribution is 2.35. The van der Waals surface area contributed by atoms with Crippen LogP contribution in [-0.2, 0) is 19.8 Å². The van der Waals surface area contributed by atoms with Crippen molar-refractivity contribution < 1.29 is 13.5 Å². The lowest BCUT2D eigenvalue weighted by atomic mass is 10.0. The molecule has 3 rings (SSSR count). The molecule has 0 aliphatic heterocycles. The van der Waals surface area contributed by atoms with Gasteiger partial charge >= 0.3 is 0 Å². The number of aromatic nitrogens is 1. The number of nitriles is 2. The zero-order chi connectivity index (χ0) is 23.1. The summed E-state index contributed by atoms with van der Waals surface area (Å²) in [6.45, 7) is 0.860. The van der Waals surface area contributed by atoms with Gasteiger partial charge in [-0.25, -0.2) is 8.78 Å². The van der Waals surface area contributed by atoms with Crippen LogP contribution >= 0.6 is 0 Å². The molecule has 3 aromatic rings. The van der Waals surface area contributed by atoms with E-state index in [1.807, 2.05) is 12.8 Å². The molecule has 0 fully saturated rings. The van der Waals surface area contributed by atoms with Crippen LogP contribution in [0.4, 0.5) is 14.5 Å². The van der Waals surface area contributed by atoms with Gasteiger partial charge in [-0.3, -0.25) is 4.98 Å². The number of halogens is 2. The second kappa shape index (κ2) is 10.4. The predicted octanol–water partition coefficient (Wildman–Crippen LogP) is 4.46. The van der Waals surface area contributed by atoms with Crippen LogP contribution in [0.5, 0.6) is 5.75 Å². The lowest BCUT2D eigenvalue weighted by molar-refractivity contribution is 0.277. The van der Waals surface area contributed by atoms with E-state index in [0.29, 0.717) is 28.8 Å². The normalized spacial score (nSPS) is 11.3. The van der Waals surface area contributed by atoms with Gasteiger partial charge in [0.15, 0.2) is 0 Å². The zero-order valence-electron chi connectivity index (χ0n) is 17.8. The van der Waals surface area contributed by atoms with Crippen LogP contribution in [0.15, 0.2) is 54.7 Å². The number of ether oxygens (including phenoxy) is 1. The van der Waals surface area contributed by atoms with Crippen LogP contribution in [-0.4, -0.2) is 13.0 Å². The van der Waals surface area contributed by atoms with Crippen molar-refractivity contribution in [2.45, 2.75) is 32.9 Å². The predicted molar refractivity (Wildman–Crippen MR) is 120 cm³/mol. The molecule has 0 saturated heterocycles. The SMILES string of the molecule is BN(Cc1cnc(CF)c(OCc2cccc(C#N)c2)c1C(C)F)c1ccc(C#N)cc1. The molecule has 1 aromatic heterocycles. The minimum atomic E-state index is -1.41. The van der Waals surface area contributed by atoms with Gasteiger partial charge in [0.05, 0.1) is 23.3 Å². The molecule has 0 aliphatic rings. The molecular weight excluding hydrogens is 409 g/mol. The molecule has 0 radical (unpaired) electrons. The maximum absolute atomic E-state index is 14.7. The molecular formula is C24H21BF2N4O. The van der Waals surface area contributed by atoms with Crippen LogP contribution in [0, 0.1) is 22.7 Å². The van der Waals surface area contributed by atoms with E-state index in [1.54, 1.807) is 48.5 Å². The van der Waals surface area contributed by atoms with Gasteiger partial charge < -0.3 is 9.55 Å². The van der Waals surface area contributed by atoms with Crippen LogP contribution in [0.3, 0.4) is 0 Å². The molecule has 8 heteroatoms. The molecule has 1 heterocycles. The van der Waals surface area contributed by atoms with Crippen molar-refractivity contribution >= 4 is 13.7 Å². The average Bonchev–Trinajstić information content (AvgIpc) is 2.82. The van der Waals surface area contributed by atoms with Crippen molar-refractivity contribution in [2.75, 3.05) is 4.81 Å². The molecule has 0 spiro atoms. The van der Waals surface area contributed by atoms with Crippen molar-refractivity contribution in [1.82, 2.24) is 4.98 Å². The van der Waals surface area contributed by atoms with Gasteiger partial charge in [-0.05, 0) is 54.4 Å². The highest BCUT2D eigenvalue weighted by Gasteiger charge is 2.22.